The largest absolute Gasteiger partial charge is 0.352 e. The Hall–Kier alpha value is -2.10. The predicted octanol–water partition coefficient (Wildman–Crippen LogP) is 2.32. The minimum atomic E-state index is 0.00290. The number of imidazole rings is 1. The molecule has 0 aliphatic carbocycles. The van der Waals surface area contributed by atoms with Crippen molar-refractivity contribution in [1.29, 1.82) is 0 Å². The van der Waals surface area contributed by atoms with Crippen LogP contribution in [0.1, 0.15) is 27.9 Å². The summed E-state index contributed by atoms with van der Waals surface area (Å²) in [6.07, 6.45) is 6.36. The number of hydrogen-bond donors (Lipinski definition) is 1. The fourth-order valence-corrected chi connectivity index (χ4v) is 2.05. The summed E-state index contributed by atoms with van der Waals surface area (Å²) in [5, 5.41) is 2.95. The van der Waals surface area contributed by atoms with Crippen molar-refractivity contribution >= 4 is 5.91 Å². The van der Waals surface area contributed by atoms with E-state index < -0.39 is 0 Å². The minimum absolute atomic E-state index is 0.00290. The van der Waals surface area contributed by atoms with E-state index in [1.165, 1.54) is 5.56 Å². The average Bonchev–Trinajstić information content (AvgIpc) is 2.87. The van der Waals surface area contributed by atoms with Crippen molar-refractivity contribution in [3.05, 3.63) is 53.6 Å². The van der Waals surface area contributed by atoms with Gasteiger partial charge in [0, 0.05) is 31.0 Å². The lowest BCUT2D eigenvalue weighted by molar-refractivity contribution is 0.0952. The van der Waals surface area contributed by atoms with Crippen LogP contribution in [0.5, 0.6) is 0 Å². The van der Waals surface area contributed by atoms with Crippen LogP contribution in [0, 0.1) is 13.8 Å². The topological polar surface area (TPSA) is 46.9 Å². The van der Waals surface area contributed by atoms with Gasteiger partial charge in [-0.15, -0.1) is 0 Å². The van der Waals surface area contributed by atoms with Crippen molar-refractivity contribution in [2.24, 2.45) is 0 Å². The zero-order valence-electron chi connectivity index (χ0n) is 11.4. The summed E-state index contributed by atoms with van der Waals surface area (Å²) in [6.45, 7) is 5.53. The highest BCUT2D eigenvalue weighted by Gasteiger charge is 2.07. The van der Waals surface area contributed by atoms with Gasteiger partial charge in [0.2, 0.25) is 0 Å². The molecule has 0 bridgehead atoms. The Balaban J connectivity index is 1.81. The zero-order chi connectivity index (χ0) is 13.7. The van der Waals surface area contributed by atoms with E-state index in [4.69, 9.17) is 0 Å². The smallest absolute Gasteiger partial charge is 0.251 e. The first-order chi connectivity index (χ1) is 9.16. The lowest BCUT2D eigenvalue weighted by Gasteiger charge is -2.08. The second-order valence-electron chi connectivity index (χ2n) is 4.73. The van der Waals surface area contributed by atoms with Gasteiger partial charge in [-0.1, -0.05) is 17.7 Å². The van der Waals surface area contributed by atoms with Crippen LogP contribution in [0.25, 0.3) is 0 Å². The molecule has 0 saturated carbocycles. The number of hydrogen-bond acceptors (Lipinski definition) is 2. The van der Waals surface area contributed by atoms with E-state index in [0.29, 0.717) is 6.54 Å². The Morgan fingerprint density at radius 2 is 2.21 bits per heavy atom. The van der Waals surface area contributed by atoms with Crippen LogP contribution >= 0.6 is 0 Å². The normalized spacial score (nSPS) is 10.4. The molecule has 4 nitrogen and oxygen atoms in total. The molecular formula is C15H19N3O. The molecule has 0 aliphatic heterocycles. The highest BCUT2D eigenvalue weighted by atomic mass is 16.1. The molecule has 0 saturated heterocycles. The molecule has 0 spiro atoms. The summed E-state index contributed by atoms with van der Waals surface area (Å²) in [4.78, 5) is 16.0. The van der Waals surface area contributed by atoms with Gasteiger partial charge >= 0.3 is 0 Å². The maximum atomic E-state index is 12.0. The molecule has 0 atom stereocenters. The highest BCUT2D eigenvalue weighted by Crippen LogP contribution is 2.10. The fraction of sp³-hybridized carbons (Fsp3) is 0.333. The van der Waals surface area contributed by atoms with Gasteiger partial charge in [0.15, 0.2) is 0 Å². The maximum Gasteiger partial charge on any atom is 0.251 e. The number of rotatable bonds is 5. The Bertz CT molecular complexity index is 547. The first-order valence-corrected chi connectivity index (χ1v) is 6.48. The number of carbonyl (C=O) groups excluding carboxylic acids is 1. The quantitative estimate of drug-likeness (QED) is 0.836. The van der Waals surface area contributed by atoms with Gasteiger partial charge in [0.25, 0.3) is 5.91 Å². The standard InChI is InChI=1S/C15H19N3O/c1-12-4-5-14(13(2)10-12)15(19)17-6-3-8-18-9-7-16-11-18/h4-5,7,9-11H,3,6,8H2,1-2H3,(H,17,19). The first kappa shape index (κ1) is 13.3. The van der Waals surface area contributed by atoms with E-state index >= 15 is 0 Å². The molecule has 1 aromatic heterocycles. The van der Waals surface area contributed by atoms with E-state index in [1.54, 1.807) is 12.5 Å². The van der Waals surface area contributed by atoms with E-state index in [1.807, 2.05) is 42.8 Å². The predicted molar refractivity (Wildman–Crippen MR) is 75.1 cm³/mol. The third-order valence-electron chi connectivity index (χ3n) is 3.06. The first-order valence-electron chi connectivity index (χ1n) is 6.48. The third kappa shape index (κ3) is 3.68. The number of aryl methyl sites for hydroxylation is 3. The van der Waals surface area contributed by atoms with Gasteiger partial charge in [0.1, 0.15) is 0 Å². The van der Waals surface area contributed by atoms with Crippen LogP contribution in [0.15, 0.2) is 36.9 Å². The molecule has 0 aliphatic rings. The fourth-order valence-electron chi connectivity index (χ4n) is 2.05. The monoisotopic (exact) mass is 257 g/mol. The molecule has 1 aromatic carbocycles. The molecular weight excluding hydrogens is 238 g/mol. The van der Waals surface area contributed by atoms with E-state index in [9.17, 15) is 4.79 Å². The molecule has 0 fully saturated rings. The van der Waals surface area contributed by atoms with Crippen LogP contribution in [0.4, 0.5) is 0 Å². The molecule has 100 valence electrons. The second-order valence-corrected chi connectivity index (χ2v) is 4.73. The summed E-state index contributed by atoms with van der Waals surface area (Å²) >= 11 is 0. The molecule has 4 heteroatoms. The Morgan fingerprint density at radius 3 is 2.89 bits per heavy atom. The zero-order valence-corrected chi connectivity index (χ0v) is 11.4. The summed E-state index contributed by atoms with van der Waals surface area (Å²) in [5.41, 5.74) is 2.95. The number of benzene rings is 1. The van der Waals surface area contributed by atoms with E-state index in [2.05, 4.69) is 10.3 Å². The third-order valence-corrected chi connectivity index (χ3v) is 3.06. The molecule has 1 heterocycles. The number of amides is 1. The number of nitrogens with one attached hydrogen (secondary N) is 1. The van der Waals surface area contributed by atoms with Gasteiger partial charge in [-0.05, 0) is 31.9 Å². The van der Waals surface area contributed by atoms with Crippen molar-refractivity contribution in [2.45, 2.75) is 26.8 Å². The van der Waals surface area contributed by atoms with Gasteiger partial charge in [-0.2, -0.15) is 0 Å². The van der Waals surface area contributed by atoms with Crippen LogP contribution in [0.3, 0.4) is 0 Å². The lowest BCUT2D eigenvalue weighted by atomic mass is 10.1. The molecule has 0 unspecified atom stereocenters. The molecule has 19 heavy (non-hydrogen) atoms. The van der Waals surface area contributed by atoms with Crippen molar-refractivity contribution in [2.75, 3.05) is 6.54 Å². The average molecular weight is 257 g/mol. The van der Waals surface area contributed by atoms with Gasteiger partial charge in [0.05, 0.1) is 6.33 Å². The lowest BCUT2D eigenvalue weighted by Crippen LogP contribution is -2.25. The van der Waals surface area contributed by atoms with Crippen molar-refractivity contribution in [3.63, 3.8) is 0 Å². The summed E-state index contributed by atoms with van der Waals surface area (Å²) < 4.78 is 2.00. The minimum Gasteiger partial charge on any atom is -0.352 e. The van der Waals surface area contributed by atoms with Crippen LogP contribution in [-0.4, -0.2) is 22.0 Å². The summed E-state index contributed by atoms with van der Waals surface area (Å²) in [5.74, 6) is 0.00290. The Labute approximate surface area is 113 Å². The van der Waals surface area contributed by atoms with Crippen molar-refractivity contribution in [3.8, 4) is 0 Å². The summed E-state index contributed by atoms with van der Waals surface area (Å²) in [6, 6.07) is 5.88. The number of nitrogens with zero attached hydrogens (tertiary/aromatic N) is 2. The number of aromatic nitrogens is 2. The second kappa shape index (κ2) is 6.18. The van der Waals surface area contributed by atoms with E-state index in [-0.39, 0.29) is 5.91 Å². The van der Waals surface area contributed by atoms with Crippen LogP contribution in [-0.2, 0) is 6.54 Å². The van der Waals surface area contributed by atoms with Crippen LogP contribution < -0.4 is 5.32 Å². The molecule has 2 aromatic rings. The van der Waals surface area contributed by atoms with E-state index in [0.717, 1.165) is 24.1 Å². The van der Waals surface area contributed by atoms with Crippen molar-refractivity contribution in [1.82, 2.24) is 14.9 Å². The van der Waals surface area contributed by atoms with Crippen LogP contribution in [0.2, 0.25) is 0 Å². The van der Waals surface area contributed by atoms with Gasteiger partial charge in [-0.25, -0.2) is 4.98 Å². The summed E-state index contributed by atoms with van der Waals surface area (Å²) in [7, 11) is 0. The number of carbonyl (C=O) groups is 1. The Morgan fingerprint density at radius 1 is 1.37 bits per heavy atom. The maximum absolute atomic E-state index is 12.0. The van der Waals surface area contributed by atoms with Gasteiger partial charge < -0.3 is 9.88 Å². The van der Waals surface area contributed by atoms with Crippen molar-refractivity contribution < 1.29 is 4.79 Å². The van der Waals surface area contributed by atoms with Gasteiger partial charge in [-0.3, -0.25) is 4.79 Å². The highest BCUT2D eigenvalue weighted by molar-refractivity contribution is 5.95. The Kier molecular flexibility index (Phi) is 4.34. The molecule has 2 rings (SSSR count). The molecule has 1 N–H and O–H groups in total. The SMILES string of the molecule is Cc1ccc(C(=O)NCCCn2ccnc2)c(C)c1. The molecule has 0 radical (unpaired) electrons. The molecule has 1 amide bonds.